The van der Waals surface area contributed by atoms with E-state index in [1.54, 1.807) is 17.4 Å². The highest BCUT2D eigenvalue weighted by Crippen LogP contribution is 2.38. The fourth-order valence-corrected chi connectivity index (χ4v) is 3.96. The van der Waals surface area contributed by atoms with E-state index < -0.39 is 11.9 Å². The Labute approximate surface area is 113 Å². The Morgan fingerprint density at radius 2 is 2.16 bits per heavy atom. The number of aryl methyl sites for hydroxylation is 1. The second-order valence-corrected chi connectivity index (χ2v) is 5.99. The number of rotatable bonds is 2. The minimum absolute atomic E-state index is 0.281. The summed E-state index contributed by atoms with van der Waals surface area (Å²) in [4.78, 5) is 23.4. The minimum atomic E-state index is -0.721. The van der Waals surface area contributed by atoms with Gasteiger partial charge in [0.2, 0.25) is 5.91 Å². The Balaban J connectivity index is 2.09. The van der Waals surface area contributed by atoms with Crippen molar-refractivity contribution in [2.75, 3.05) is 0 Å². The Morgan fingerprint density at radius 3 is 2.84 bits per heavy atom. The molecule has 1 heterocycles. The molecule has 0 bridgehead atoms. The van der Waals surface area contributed by atoms with Crippen LogP contribution >= 0.6 is 11.3 Å². The molecule has 2 aromatic rings. The second-order valence-electron chi connectivity index (χ2n) is 4.86. The van der Waals surface area contributed by atoms with E-state index in [0.717, 1.165) is 21.4 Å². The van der Waals surface area contributed by atoms with Gasteiger partial charge in [-0.25, -0.2) is 0 Å². The molecule has 1 unspecified atom stereocenters. The van der Waals surface area contributed by atoms with E-state index in [1.165, 1.54) is 5.56 Å². The lowest BCUT2D eigenvalue weighted by atomic mass is 9.87. The number of thiophene rings is 1. The summed E-state index contributed by atoms with van der Waals surface area (Å²) >= 11 is 1.63. The molecule has 4 nitrogen and oxygen atoms in total. The van der Waals surface area contributed by atoms with Crippen LogP contribution in [0.1, 0.15) is 27.2 Å². The normalized spacial score (nSPS) is 18.2. The molecule has 1 aromatic heterocycles. The molecule has 1 aromatic carbocycles. The molecule has 98 valence electrons. The van der Waals surface area contributed by atoms with Gasteiger partial charge in [-0.15, -0.1) is 11.3 Å². The van der Waals surface area contributed by atoms with Crippen molar-refractivity contribution in [3.05, 3.63) is 34.2 Å². The molecule has 1 aliphatic carbocycles. The molecule has 0 radical (unpaired) electrons. The average molecular weight is 275 g/mol. The van der Waals surface area contributed by atoms with Crippen molar-refractivity contribution in [3.8, 4) is 0 Å². The van der Waals surface area contributed by atoms with Gasteiger partial charge in [-0.05, 0) is 48.4 Å². The minimum Gasteiger partial charge on any atom is -0.481 e. The van der Waals surface area contributed by atoms with E-state index in [-0.39, 0.29) is 5.92 Å². The topological polar surface area (TPSA) is 80.4 Å². The van der Waals surface area contributed by atoms with Crippen LogP contribution in [0.5, 0.6) is 0 Å². The SMILES string of the molecule is NC(=O)c1ccc2sc3c(c2c1)CCC(C(=O)O)C3. The number of fused-ring (bicyclic) bond motifs is 3. The Morgan fingerprint density at radius 1 is 1.37 bits per heavy atom. The molecule has 1 atom stereocenters. The maximum Gasteiger partial charge on any atom is 0.306 e. The summed E-state index contributed by atoms with van der Waals surface area (Å²) in [5.74, 6) is -1.43. The molecule has 1 aliphatic rings. The van der Waals surface area contributed by atoms with Crippen LogP contribution in [0.3, 0.4) is 0 Å². The van der Waals surface area contributed by atoms with Crippen molar-refractivity contribution in [3.63, 3.8) is 0 Å². The van der Waals surface area contributed by atoms with Crippen LogP contribution in [0.4, 0.5) is 0 Å². The van der Waals surface area contributed by atoms with E-state index in [2.05, 4.69) is 0 Å². The van der Waals surface area contributed by atoms with Gasteiger partial charge >= 0.3 is 5.97 Å². The maximum atomic E-state index is 11.2. The summed E-state index contributed by atoms with van der Waals surface area (Å²) in [6, 6.07) is 5.45. The summed E-state index contributed by atoms with van der Waals surface area (Å²) < 4.78 is 1.10. The van der Waals surface area contributed by atoms with Crippen molar-refractivity contribution in [1.29, 1.82) is 0 Å². The van der Waals surface area contributed by atoms with Crippen LogP contribution in [0.25, 0.3) is 10.1 Å². The van der Waals surface area contributed by atoms with Gasteiger partial charge in [-0.2, -0.15) is 0 Å². The molecule has 3 rings (SSSR count). The van der Waals surface area contributed by atoms with Gasteiger partial charge in [0.25, 0.3) is 0 Å². The third kappa shape index (κ3) is 2.00. The molecular weight excluding hydrogens is 262 g/mol. The molecule has 0 saturated carbocycles. The monoisotopic (exact) mass is 275 g/mol. The third-order valence-corrected chi connectivity index (χ3v) is 4.92. The number of carboxylic acid groups (broad SMARTS) is 1. The van der Waals surface area contributed by atoms with Gasteiger partial charge in [0.15, 0.2) is 0 Å². The molecule has 0 aliphatic heterocycles. The van der Waals surface area contributed by atoms with Crippen molar-refractivity contribution in [2.45, 2.75) is 19.3 Å². The lowest BCUT2D eigenvalue weighted by Crippen LogP contribution is -2.20. The molecule has 0 spiro atoms. The Bertz CT molecular complexity index is 689. The lowest BCUT2D eigenvalue weighted by molar-refractivity contribution is -0.142. The fraction of sp³-hybridized carbons (Fsp3) is 0.286. The predicted octanol–water partition coefficient (Wildman–Crippen LogP) is 2.19. The lowest BCUT2D eigenvalue weighted by Gasteiger charge is -2.18. The Hall–Kier alpha value is -1.88. The van der Waals surface area contributed by atoms with Crippen LogP contribution in [0, 0.1) is 5.92 Å². The number of benzene rings is 1. The van der Waals surface area contributed by atoms with Crippen LogP contribution in [-0.4, -0.2) is 17.0 Å². The Kier molecular flexibility index (Phi) is 2.78. The standard InChI is InChI=1S/C14H13NO3S/c15-13(16)7-2-4-11-10(5-7)9-3-1-8(14(17)18)6-12(9)19-11/h2,4-5,8H,1,3,6H2,(H2,15,16)(H,17,18). The first-order valence-electron chi connectivity index (χ1n) is 6.13. The first-order valence-corrected chi connectivity index (χ1v) is 6.95. The number of amides is 1. The number of aliphatic carboxylic acids is 1. The predicted molar refractivity (Wildman–Crippen MR) is 73.5 cm³/mol. The smallest absolute Gasteiger partial charge is 0.306 e. The van der Waals surface area contributed by atoms with E-state index in [0.29, 0.717) is 18.4 Å². The molecule has 3 N–H and O–H groups in total. The van der Waals surface area contributed by atoms with Gasteiger partial charge in [-0.3, -0.25) is 9.59 Å². The van der Waals surface area contributed by atoms with Crippen molar-refractivity contribution >= 4 is 33.3 Å². The van der Waals surface area contributed by atoms with E-state index >= 15 is 0 Å². The molecular formula is C14H13NO3S. The number of carboxylic acids is 1. The molecule has 19 heavy (non-hydrogen) atoms. The van der Waals surface area contributed by atoms with Crippen molar-refractivity contribution in [2.24, 2.45) is 11.7 Å². The van der Waals surface area contributed by atoms with Gasteiger partial charge in [-0.1, -0.05) is 0 Å². The third-order valence-electron chi connectivity index (χ3n) is 3.68. The van der Waals surface area contributed by atoms with Gasteiger partial charge < -0.3 is 10.8 Å². The second kappa shape index (κ2) is 4.35. The number of carbonyl (C=O) groups excluding carboxylic acids is 1. The van der Waals surface area contributed by atoms with Crippen molar-refractivity contribution in [1.82, 2.24) is 0 Å². The van der Waals surface area contributed by atoms with E-state index in [1.807, 2.05) is 12.1 Å². The van der Waals surface area contributed by atoms with Gasteiger partial charge in [0, 0.05) is 15.1 Å². The quantitative estimate of drug-likeness (QED) is 0.881. The van der Waals surface area contributed by atoms with Gasteiger partial charge in [0.05, 0.1) is 5.92 Å². The first kappa shape index (κ1) is 12.2. The first-order chi connectivity index (χ1) is 9.06. The zero-order valence-corrected chi connectivity index (χ0v) is 11.0. The summed E-state index contributed by atoms with van der Waals surface area (Å²) in [6.45, 7) is 0. The van der Waals surface area contributed by atoms with Crippen LogP contribution < -0.4 is 5.73 Å². The van der Waals surface area contributed by atoms with Crippen LogP contribution in [0.2, 0.25) is 0 Å². The van der Waals surface area contributed by atoms with Crippen LogP contribution in [0.15, 0.2) is 18.2 Å². The maximum absolute atomic E-state index is 11.2. The number of carbonyl (C=O) groups is 2. The van der Waals surface area contributed by atoms with Gasteiger partial charge in [0.1, 0.15) is 0 Å². The molecule has 0 saturated heterocycles. The summed E-state index contributed by atoms with van der Waals surface area (Å²) in [7, 11) is 0. The largest absolute Gasteiger partial charge is 0.481 e. The van der Waals surface area contributed by atoms with Crippen LogP contribution in [-0.2, 0) is 17.6 Å². The summed E-state index contributed by atoms with van der Waals surface area (Å²) in [5.41, 5.74) is 7.00. The molecule has 5 heteroatoms. The molecule has 0 fully saturated rings. The number of nitrogens with two attached hydrogens (primary N) is 1. The summed E-state index contributed by atoms with van der Waals surface area (Å²) in [5, 5.41) is 10.2. The number of hydrogen-bond acceptors (Lipinski definition) is 3. The van der Waals surface area contributed by atoms with E-state index in [4.69, 9.17) is 10.8 Å². The fourth-order valence-electron chi connectivity index (χ4n) is 2.65. The molecule has 1 amide bonds. The average Bonchev–Trinajstić information content (AvgIpc) is 2.74. The van der Waals surface area contributed by atoms with Crippen molar-refractivity contribution < 1.29 is 14.7 Å². The number of primary amides is 1. The van der Waals surface area contributed by atoms with E-state index in [9.17, 15) is 9.59 Å². The summed E-state index contributed by atoms with van der Waals surface area (Å²) in [6.07, 6.45) is 2.01. The zero-order valence-electron chi connectivity index (χ0n) is 10.2. The highest BCUT2D eigenvalue weighted by molar-refractivity contribution is 7.19. The highest BCUT2D eigenvalue weighted by Gasteiger charge is 2.27. The zero-order chi connectivity index (χ0) is 13.6. The number of hydrogen-bond donors (Lipinski definition) is 2. The highest BCUT2D eigenvalue weighted by atomic mass is 32.1.